The van der Waals surface area contributed by atoms with Crippen LogP contribution in [0.15, 0.2) is 40.8 Å². The topological polar surface area (TPSA) is 68.6 Å². The molecule has 1 aliphatic heterocycles. The van der Waals surface area contributed by atoms with Crippen LogP contribution in [0.25, 0.3) is 0 Å². The second-order valence-electron chi connectivity index (χ2n) is 5.88. The van der Waals surface area contributed by atoms with Crippen LogP contribution in [0.5, 0.6) is 0 Å². The van der Waals surface area contributed by atoms with Gasteiger partial charge in [-0.05, 0) is 38.3 Å². The Kier molecular flexibility index (Phi) is 4.37. The fourth-order valence-corrected chi connectivity index (χ4v) is 3.51. The molecule has 1 aromatic heterocycles. The van der Waals surface area contributed by atoms with Crippen LogP contribution in [-0.2, 0) is 14.3 Å². The lowest BCUT2D eigenvalue weighted by Crippen LogP contribution is -2.39. The number of carbonyl (C=O) groups excluding carboxylic acids is 2. The number of fused-ring (bicyclic) bond motifs is 1. The Bertz CT molecular complexity index is 691. The van der Waals surface area contributed by atoms with E-state index in [2.05, 4.69) is 9.98 Å². The molecule has 3 rings (SSSR count). The summed E-state index contributed by atoms with van der Waals surface area (Å²) >= 11 is 0. The Hall–Kier alpha value is -2.30. The number of Topliss-reactive ketones (excluding diaryl/α,β-unsaturated/α-hetero) is 1. The van der Waals surface area contributed by atoms with E-state index >= 15 is 0 Å². The molecule has 1 fully saturated rings. The minimum absolute atomic E-state index is 0.151. The Morgan fingerprint density at radius 3 is 2.87 bits per heavy atom. The van der Waals surface area contributed by atoms with Gasteiger partial charge in [-0.2, -0.15) is 0 Å². The molecular weight excluding hydrogens is 292 g/mol. The Morgan fingerprint density at radius 1 is 1.35 bits per heavy atom. The zero-order valence-corrected chi connectivity index (χ0v) is 13.4. The van der Waals surface area contributed by atoms with Crippen LogP contribution < -0.4 is 0 Å². The zero-order chi connectivity index (χ0) is 16.4. The van der Waals surface area contributed by atoms with Crippen molar-refractivity contribution in [3.8, 4) is 0 Å². The summed E-state index contributed by atoms with van der Waals surface area (Å²) in [6.07, 6.45) is 5.58. The fourth-order valence-electron chi connectivity index (χ4n) is 3.51. The molecule has 120 valence electrons. The van der Waals surface area contributed by atoms with Crippen LogP contribution in [0.2, 0.25) is 0 Å². The lowest BCUT2D eigenvalue weighted by Gasteiger charge is -2.35. The number of allylic oxidation sites excluding steroid dienone is 1. The van der Waals surface area contributed by atoms with Crippen molar-refractivity contribution in [2.75, 3.05) is 6.61 Å². The van der Waals surface area contributed by atoms with E-state index in [1.165, 1.54) is 0 Å². The number of hydrogen-bond donors (Lipinski definition) is 0. The van der Waals surface area contributed by atoms with Gasteiger partial charge in [0, 0.05) is 36.1 Å². The highest BCUT2D eigenvalue weighted by atomic mass is 16.5. The molecule has 1 saturated carbocycles. The van der Waals surface area contributed by atoms with E-state index in [0.29, 0.717) is 24.3 Å². The van der Waals surface area contributed by atoms with E-state index in [1.807, 2.05) is 19.1 Å². The smallest absolute Gasteiger partial charge is 0.336 e. The van der Waals surface area contributed by atoms with Crippen LogP contribution in [0.3, 0.4) is 0 Å². The number of pyridine rings is 1. The number of ether oxygens (including phenoxy) is 1. The van der Waals surface area contributed by atoms with Crippen molar-refractivity contribution in [1.82, 2.24) is 4.98 Å². The predicted molar refractivity (Wildman–Crippen MR) is 86.1 cm³/mol. The first-order valence-corrected chi connectivity index (χ1v) is 8.01. The molecule has 1 aromatic rings. The number of ketones is 1. The summed E-state index contributed by atoms with van der Waals surface area (Å²) in [5.41, 5.74) is 2.89. The third-order valence-electron chi connectivity index (χ3n) is 4.45. The van der Waals surface area contributed by atoms with E-state index in [-0.39, 0.29) is 23.6 Å². The van der Waals surface area contributed by atoms with Crippen LogP contribution in [0, 0.1) is 5.92 Å². The Morgan fingerprint density at radius 2 is 2.17 bits per heavy atom. The molecule has 5 nitrogen and oxygen atoms in total. The third-order valence-corrected chi connectivity index (χ3v) is 4.45. The molecule has 0 N–H and O–H groups in total. The van der Waals surface area contributed by atoms with E-state index in [4.69, 9.17) is 4.74 Å². The number of carbonyl (C=O) groups is 2. The average molecular weight is 312 g/mol. The predicted octanol–water partition coefficient (Wildman–Crippen LogP) is 2.83. The van der Waals surface area contributed by atoms with E-state index in [9.17, 15) is 9.59 Å². The van der Waals surface area contributed by atoms with Gasteiger partial charge >= 0.3 is 5.97 Å². The highest BCUT2D eigenvalue weighted by Crippen LogP contribution is 2.42. The number of aromatic nitrogens is 1. The lowest BCUT2D eigenvalue weighted by molar-refractivity contribution is -0.139. The van der Waals surface area contributed by atoms with Gasteiger partial charge in [0.15, 0.2) is 0 Å². The first-order chi connectivity index (χ1) is 11.1. The molecule has 2 heterocycles. The van der Waals surface area contributed by atoms with Gasteiger partial charge in [0.1, 0.15) is 5.78 Å². The van der Waals surface area contributed by atoms with Crippen LogP contribution in [0.4, 0.5) is 0 Å². The molecule has 0 radical (unpaired) electrons. The van der Waals surface area contributed by atoms with Crippen molar-refractivity contribution < 1.29 is 14.3 Å². The molecule has 0 aromatic carbocycles. The van der Waals surface area contributed by atoms with Crippen LogP contribution in [-0.4, -0.2) is 29.1 Å². The summed E-state index contributed by atoms with van der Waals surface area (Å²) in [6.45, 7) is 3.89. The van der Waals surface area contributed by atoms with Crippen molar-refractivity contribution in [3.05, 3.63) is 41.4 Å². The zero-order valence-electron chi connectivity index (χ0n) is 13.4. The van der Waals surface area contributed by atoms with Crippen molar-refractivity contribution in [3.63, 3.8) is 0 Å². The number of rotatable bonds is 3. The highest BCUT2D eigenvalue weighted by Gasteiger charge is 2.43. The summed E-state index contributed by atoms with van der Waals surface area (Å²) in [4.78, 5) is 33.8. The van der Waals surface area contributed by atoms with Gasteiger partial charge in [-0.1, -0.05) is 6.07 Å². The first kappa shape index (κ1) is 15.6. The minimum Gasteiger partial charge on any atom is -0.463 e. The summed E-state index contributed by atoms with van der Waals surface area (Å²) in [7, 11) is 0. The molecule has 23 heavy (non-hydrogen) atoms. The standard InChI is InChI=1S/C18H20N2O3/c1-3-23-18(22)15-11(2)20-13-7-4-8-14(21)17(13)16(15)12-6-5-9-19-10-12/h5-6,9-10,16-17H,3-4,7-8H2,1-2H3. The Labute approximate surface area is 135 Å². The van der Waals surface area contributed by atoms with Gasteiger partial charge in [0.2, 0.25) is 0 Å². The fraction of sp³-hybridized carbons (Fsp3) is 0.444. The van der Waals surface area contributed by atoms with Gasteiger partial charge in [0.25, 0.3) is 0 Å². The monoisotopic (exact) mass is 312 g/mol. The number of esters is 1. The maximum atomic E-state index is 12.6. The van der Waals surface area contributed by atoms with Gasteiger partial charge < -0.3 is 4.74 Å². The molecule has 0 amide bonds. The SMILES string of the molecule is CCOC(=O)C1=C(C)N=C2CCCC(=O)C2C1c1cccnc1. The van der Waals surface area contributed by atoms with Gasteiger partial charge in [-0.3, -0.25) is 14.8 Å². The average Bonchev–Trinajstić information content (AvgIpc) is 2.54. The van der Waals surface area contributed by atoms with Crippen molar-refractivity contribution >= 4 is 17.5 Å². The quantitative estimate of drug-likeness (QED) is 0.805. The molecule has 0 saturated heterocycles. The number of hydrogen-bond acceptors (Lipinski definition) is 5. The van der Waals surface area contributed by atoms with Crippen molar-refractivity contribution in [1.29, 1.82) is 0 Å². The van der Waals surface area contributed by atoms with E-state index in [1.54, 1.807) is 19.3 Å². The first-order valence-electron chi connectivity index (χ1n) is 8.01. The van der Waals surface area contributed by atoms with Gasteiger partial charge in [0.05, 0.1) is 18.1 Å². The van der Waals surface area contributed by atoms with Crippen LogP contribution >= 0.6 is 0 Å². The van der Waals surface area contributed by atoms with Gasteiger partial charge in [-0.15, -0.1) is 0 Å². The maximum absolute atomic E-state index is 12.6. The molecule has 1 aliphatic carbocycles. The largest absolute Gasteiger partial charge is 0.463 e. The molecule has 2 aliphatic rings. The van der Waals surface area contributed by atoms with E-state index in [0.717, 1.165) is 24.1 Å². The van der Waals surface area contributed by atoms with Crippen LogP contribution in [0.1, 0.15) is 44.6 Å². The molecule has 5 heteroatoms. The molecule has 2 atom stereocenters. The molecule has 0 spiro atoms. The third kappa shape index (κ3) is 2.83. The summed E-state index contributed by atoms with van der Waals surface area (Å²) < 4.78 is 5.22. The second-order valence-corrected chi connectivity index (χ2v) is 5.88. The molecular formula is C18H20N2O3. The summed E-state index contributed by atoms with van der Waals surface area (Å²) in [5, 5.41) is 0. The maximum Gasteiger partial charge on any atom is 0.336 e. The second kappa shape index (κ2) is 6.44. The number of nitrogens with zero attached hydrogens (tertiary/aromatic N) is 2. The van der Waals surface area contributed by atoms with Crippen molar-refractivity contribution in [2.45, 2.75) is 39.0 Å². The van der Waals surface area contributed by atoms with Crippen molar-refractivity contribution in [2.24, 2.45) is 10.9 Å². The summed E-state index contributed by atoms with van der Waals surface area (Å²) in [6, 6.07) is 3.74. The Balaban J connectivity index is 2.14. The minimum atomic E-state index is -0.389. The lowest BCUT2D eigenvalue weighted by atomic mass is 9.70. The van der Waals surface area contributed by atoms with Gasteiger partial charge in [-0.25, -0.2) is 4.79 Å². The molecule has 2 unspecified atom stereocenters. The van der Waals surface area contributed by atoms with E-state index < -0.39 is 0 Å². The number of aliphatic imine (C=N–C) groups is 1. The molecule has 0 bridgehead atoms. The normalized spacial score (nSPS) is 24.1. The summed E-state index contributed by atoms with van der Waals surface area (Å²) in [5.74, 6) is -0.947. The highest BCUT2D eigenvalue weighted by molar-refractivity contribution is 6.11.